The van der Waals surface area contributed by atoms with Gasteiger partial charge in [-0.1, -0.05) is 30.7 Å². The normalized spacial score (nSPS) is 15.0. The lowest BCUT2D eigenvalue weighted by atomic mass is 10.1. The number of amides is 1. The lowest BCUT2D eigenvalue weighted by molar-refractivity contribution is 0.102. The van der Waals surface area contributed by atoms with Crippen LogP contribution in [0.25, 0.3) is 5.69 Å². The second-order valence-electron chi connectivity index (χ2n) is 8.19. The molecule has 1 amide bonds. The molecule has 7 nitrogen and oxygen atoms in total. The van der Waals surface area contributed by atoms with Crippen molar-refractivity contribution >= 4 is 21.6 Å². The van der Waals surface area contributed by atoms with Crippen molar-refractivity contribution in [2.75, 3.05) is 18.4 Å². The third-order valence-electron chi connectivity index (χ3n) is 5.90. The van der Waals surface area contributed by atoms with Crippen LogP contribution >= 0.6 is 0 Å². The maximum absolute atomic E-state index is 13.2. The average Bonchev–Trinajstić information content (AvgIpc) is 3.10. The highest BCUT2D eigenvalue weighted by Gasteiger charge is 2.28. The number of carbonyl (C=O) groups is 1. The number of piperidine rings is 1. The highest BCUT2D eigenvalue weighted by molar-refractivity contribution is 7.89. The molecule has 1 aromatic heterocycles. The minimum absolute atomic E-state index is 0.241. The van der Waals surface area contributed by atoms with Gasteiger partial charge in [-0.3, -0.25) is 4.79 Å². The second kappa shape index (κ2) is 8.88. The van der Waals surface area contributed by atoms with E-state index in [0.29, 0.717) is 35.6 Å². The number of nitrogens with zero attached hydrogens (tertiary/aromatic N) is 3. The molecule has 0 aliphatic carbocycles. The molecule has 0 radical (unpaired) electrons. The maximum Gasteiger partial charge on any atom is 0.259 e. The summed E-state index contributed by atoms with van der Waals surface area (Å²) in [7, 11) is -3.60. The van der Waals surface area contributed by atoms with E-state index < -0.39 is 10.0 Å². The first-order valence-electron chi connectivity index (χ1n) is 10.8. The summed E-state index contributed by atoms with van der Waals surface area (Å²) in [5, 5.41) is 7.40. The summed E-state index contributed by atoms with van der Waals surface area (Å²) in [6.07, 6.45) is 2.80. The predicted octanol–water partition coefficient (Wildman–Crippen LogP) is 4.22. The molecule has 2 heterocycles. The summed E-state index contributed by atoms with van der Waals surface area (Å²) < 4.78 is 29.7. The van der Waals surface area contributed by atoms with Crippen molar-refractivity contribution < 1.29 is 13.2 Å². The molecule has 2 aromatic carbocycles. The van der Waals surface area contributed by atoms with E-state index in [-0.39, 0.29) is 10.8 Å². The predicted molar refractivity (Wildman–Crippen MR) is 125 cm³/mol. The maximum atomic E-state index is 13.2. The van der Waals surface area contributed by atoms with Crippen LogP contribution in [0.5, 0.6) is 0 Å². The summed E-state index contributed by atoms with van der Waals surface area (Å²) in [6.45, 7) is 6.50. The first kappa shape index (κ1) is 22.2. The molecule has 4 rings (SSSR count). The van der Waals surface area contributed by atoms with E-state index in [4.69, 9.17) is 0 Å². The molecule has 8 heteroatoms. The topological polar surface area (TPSA) is 84.3 Å². The molecule has 0 atom stereocenters. The SMILES string of the molecule is Cc1ccc(NC(=O)c2c(C)nn(-c3ccccc3)c2C)cc1S(=O)(=O)N1CCCCC1. The minimum Gasteiger partial charge on any atom is -0.322 e. The van der Waals surface area contributed by atoms with Crippen LogP contribution in [0.2, 0.25) is 0 Å². The highest BCUT2D eigenvalue weighted by atomic mass is 32.2. The molecular formula is C24H28N4O3S. The zero-order valence-corrected chi connectivity index (χ0v) is 19.4. The molecule has 0 saturated carbocycles. The van der Waals surface area contributed by atoms with Gasteiger partial charge in [-0.2, -0.15) is 9.40 Å². The van der Waals surface area contributed by atoms with Crippen LogP contribution in [-0.2, 0) is 10.0 Å². The number of aryl methyl sites for hydroxylation is 2. The molecule has 168 valence electrons. The summed E-state index contributed by atoms with van der Waals surface area (Å²) in [5.74, 6) is -0.313. The van der Waals surface area contributed by atoms with E-state index in [9.17, 15) is 13.2 Å². The Hall–Kier alpha value is -2.97. The van der Waals surface area contributed by atoms with Crippen LogP contribution in [0.1, 0.15) is 46.6 Å². The number of sulfonamides is 1. The van der Waals surface area contributed by atoms with E-state index in [1.54, 1.807) is 41.0 Å². The van der Waals surface area contributed by atoms with Crippen molar-refractivity contribution in [1.29, 1.82) is 0 Å². The van der Waals surface area contributed by atoms with E-state index in [1.165, 1.54) is 0 Å². The van der Waals surface area contributed by atoms with Crippen LogP contribution < -0.4 is 5.32 Å². The quantitative estimate of drug-likeness (QED) is 0.628. The highest BCUT2D eigenvalue weighted by Crippen LogP contribution is 2.27. The first-order chi connectivity index (χ1) is 15.3. The second-order valence-corrected chi connectivity index (χ2v) is 10.1. The van der Waals surface area contributed by atoms with Crippen LogP contribution in [0.4, 0.5) is 5.69 Å². The Morgan fingerprint density at radius 2 is 1.66 bits per heavy atom. The van der Waals surface area contributed by atoms with Crippen LogP contribution in [0.15, 0.2) is 53.4 Å². The number of hydrogen-bond donors (Lipinski definition) is 1. The van der Waals surface area contributed by atoms with Gasteiger partial charge in [0.2, 0.25) is 10.0 Å². The monoisotopic (exact) mass is 452 g/mol. The Balaban J connectivity index is 1.62. The van der Waals surface area contributed by atoms with Crippen LogP contribution in [0, 0.1) is 20.8 Å². The van der Waals surface area contributed by atoms with Gasteiger partial charge < -0.3 is 5.32 Å². The fourth-order valence-electron chi connectivity index (χ4n) is 4.19. The molecule has 0 bridgehead atoms. The van der Waals surface area contributed by atoms with E-state index in [2.05, 4.69) is 10.4 Å². The summed E-state index contributed by atoms with van der Waals surface area (Å²) >= 11 is 0. The van der Waals surface area contributed by atoms with Gasteiger partial charge in [0.25, 0.3) is 5.91 Å². The average molecular weight is 453 g/mol. The third kappa shape index (κ3) is 4.20. The molecule has 0 unspecified atom stereocenters. The number of carbonyl (C=O) groups excluding carboxylic acids is 1. The summed E-state index contributed by atoms with van der Waals surface area (Å²) in [4.78, 5) is 13.4. The molecule has 32 heavy (non-hydrogen) atoms. The number of hydrogen-bond acceptors (Lipinski definition) is 4. The molecule has 1 aliphatic heterocycles. The number of benzene rings is 2. The Morgan fingerprint density at radius 3 is 2.34 bits per heavy atom. The lowest BCUT2D eigenvalue weighted by Crippen LogP contribution is -2.36. The smallest absolute Gasteiger partial charge is 0.259 e. The number of anilines is 1. The van der Waals surface area contributed by atoms with Gasteiger partial charge in [-0.15, -0.1) is 0 Å². The number of para-hydroxylation sites is 1. The van der Waals surface area contributed by atoms with E-state index >= 15 is 0 Å². The van der Waals surface area contributed by atoms with Crippen molar-refractivity contribution in [2.45, 2.75) is 44.9 Å². The standard InChI is InChI=1S/C24H28N4O3S/c1-17-12-13-20(16-22(17)32(30,31)27-14-8-5-9-15-27)25-24(29)23-18(2)26-28(19(23)3)21-10-6-4-7-11-21/h4,6-7,10-13,16H,5,8-9,14-15H2,1-3H3,(H,25,29). The van der Waals surface area contributed by atoms with Gasteiger partial charge in [-0.25, -0.2) is 13.1 Å². The largest absolute Gasteiger partial charge is 0.322 e. The van der Waals surface area contributed by atoms with E-state index in [1.807, 2.05) is 37.3 Å². The number of rotatable bonds is 5. The van der Waals surface area contributed by atoms with Gasteiger partial charge in [0.15, 0.2) is 0 Å². The molecule has 3 aromatic rings. The zero-order valence-electron chi connectivity index (χ0n) is 18.6. The van der Waals surface area contributed by atoms with Gasteiger partial charge in [0, 0.05) is 18.8 Å². The molecule has 0 spiro atoms. The van der Waals surface area contributed by atoms with E-state index in [0.717, 1.165) is 30.6 Å². The van der Waals surface area contributed by atoms with Crippen molar-refractivity contribution in [3.05, 3.63) is 71.0 Å². The number of nitrogens with one attached hydrogen (secondary N) is 1. The molecule has 1 fully saturated rings. The van der Waals surface area contributed by atoms with Gasteiger partial charge in [-0.05, 0) is 63.4 Å². The molecule has 1 saturated heterocycles. The summed E-state index contributed by atoms with van der Waals surface area (Å²) in [5.41, 5.74) is 3.80. The van der Waals surface area contributed by atoms with Gasteiger partial charge in [0.1, 0.15) is 0 Å². The Morgan fingerprint density at radius 1 is 0.969 bits per heavy atom. The van der Waals surface area contributed by atoms with Crippen molar-refractivity contribution in [2.24, 2.45) is 0 Å². The van der Waals surface area contributed by atoms with Crippen molar-refractivity contribution in [1.82, 2.24) is 14.1 Å². The van der Waals surface area contributed by atoms with Crippen molar-refractivity contribution in [3.63, 3.8) is 0 Å². The fourth-order valence-corrected chi connectivity index (χ4v) is 5.95. The Kier molecular flexibility index (Phi) is 6.17. The van der Waals surface area contributed by atoms with Gasteiger partial charge >= 0.3 is 0 Å². The van der Waals surface area contributed by atoms with Crippen LogP contribution in [-0.4, -0.2) is 41.5 Å². The molecule has 1 aliphatic rings. The molecular weight excluding hydrogens is 424 g/mol. The van der Waals surface area contributed by atoms with Crippen LogP contribution in [0.3, 0.4) is 0 Å². The lowest BCUT2D eigenvalue weighted by Gasteiger charge is -2.26. The Bertz CT molecular complexity index is 1240. The third-order valence-corrected chi connectivity index (χ3v) is 7.94. The number of aromatic nitrogens is 2. The zero-order chi connectivity index (χ0) is 22.9. The molecule has 1 N–H and O–H groups in total. The Labute approximate surface area is 189 Å². The van der Waals surface area contributed by atoms with Crippen molar-refractivity contribution in [3.8, 4) is 5.69 Å². The van der Waals surface area contributed by atoms with Gasteiger partial charge in [0.05, 0.1) is 27.5 Å². The first-order valence-corrected chi connectivity index (χ1v) is 12.3. The minimum atomic E-state index is -3.60. The fraction of sp³-hybridized carbons (Fsp3) is 0.333. The summed E-state index contributed by atoms with van der Waals surface area (Å²) in [6, 6.07) is 14.6.